The van der Waals surface area contributed by atoms with Crippen molar-refractivity contribution < 1.29 is 21.8 Å². The second-order valence-electron chi connectivity index (χ2n) is 8.39. The number of nitrogens with one attached hydrogen (secondary N) is 2. The molecule has 0 bridgehead atoms. The summed E-state index contributed by atoms with van der Waals surface area (Å²) in [6.07, 6.45) is 4.26. The molecule has 3 aromatic heterocycles. The van der Waals surface area contributed by atoms with Gasteiger partial charge in [-0.05, 0) is 26.8 Å². The molecule has 0 amide bonds. The summed E-state index contributed by atoms with van der Waals surface area (Å²) in [5, 5.41) is 2.87. The van der Waals surface area contributed by atoms with E-state index < -0.39 is 30.3 Å². The molecular weight excluding hydrogens is 457 g/mol. The summed E-state index contributed by atoms with van der Waals surface area (Å²) >= 11 is 0. The van der Waals surface area contributed by atoms with Crippen LogP contribution in [0.1, 0.15) is 20.8 Å². The fraction of sp³-hybridized carbons (Fsp3) is 0.400. The van der Waals surface area contributed by atoms with Crippen molar-refractivity contribution >= 4 is 31.0 Å². The van der Waals surface area contributed by atoms with E-state index in [1.54, 1.807) is 31.2 Å². The van der Waals surface area contributed by atoms with E-state index in [2.05, 4.69) is 15.3 Å². The largest absolute Gasteiger partial charge is 0.495 e. The summed E-state index contributed by atoms with van der Waals surface area (Å²) in [5.74, 6) is -0.288. The number of fused-ring (bicyclic) bond motifs is 1. The molecule has 0 fully saturated rings. The van der Waals surface area contributed by atoms with Gasteiger partial charge in [-0.25, -0.2) is 18.4 Å². The second kappa shape index (κ2) is 8.32. The van der Waals surface area contributed by atoms with Gasteiger partial charge in [0.05, 0.1) is 23.7 Å². The third-order valence-corrected chi connectivity index (χ3v) is 8.26. The van der Waals surface area contributed by atoms with Gasteiger partial charge in [-0.3, -0.25) is 13.4 Å². The zero-order valence-electron chi connectivity index (χ0n) is 18.5. The van der Waals surface area contributed by atoms with Gasteiger partial charge < -0.3 is 10.1 Å². The molecular formula is C20H26FN5O4S2. The molecule has 3 heterocycles. The van der Waals surface area contributed by atoms with Crippen LogP contribution in [0.5, 0.6) is 5.75 Å². The van der Waals surface area contributed by atoms with Crippen LogP contribution >= 0.6 is 0 Å². The van der Waals surface area contributed by atoms with Gasteiger partial charge in [-0.1, -0.05) is 0 Å². The SMILES string of the molecule is COc1cc2ncc(-c3cc(F)nc(NCCS(C)(=N)=O)c3)n2cc1S(=O)(=O)C(C)(C)C. The molecule has 32 heavy (non-hydrogen) atoms. The molecule has 0 radical (unpaired) electrons. The lowest BCUT2D eigenvalue weighted by Crippen LogP contribution is -2.28. The molecule has 0 spiro atoms. The number of pyridine rings is 2. The maximum Gasteiger partial charge on any atom is 0.215 e. The van der Waals surface area contributed by atoms with Crippen molar-refractivity contribution in [3.8, 4) is 17.0 Å². The minimum absolute atomic E-state index is 0.000258. The van der Waals surface area contributed by atoms with Crippen LogP contribution in [0.25, 0.3) is 16.9 Å². The lowest BCUT2D eigenvalue weighted by Gasteiger charge is -2.21. The Morgan fingerprint density at radius 2 is 1.91 bits per heavy atom. The van der Waals surface area contributed by atoms with Crippen molar-refractivity contribution in [2.75, 3.05) is 31.0 Å². The standard InChI is InChI=1S/C20H26FN5O4S2/c1-20(2,3)32(28,29)16-12-26-14(11-24-19(26)10-15(16)30-4)13-8-17(21)25-18(9-13)23-6-7-31(5,22)27/h8-12,22H,6-7H2,1-5H3,(H,23,25). The zero-order chi connectivity index (χ0) is 23.9. The number of sulfone groups is 1. The fourth-order valence-corrected chi connectivity index (χ4v) is 4.80. The first-order valence-corrected chi connectivity index (χ1v) is 13.3. The number of aromatic nitrogens is 3. The Kier molecular flexibility index (Phi) is 6.22. The zero-order valence-corrected chi connectivity index (χ0v) is 20.1. The topological polar surface area (TPSA) is 127 Å². The normalized spacial score (nSPS) is 14.3. The van der Waals surface area contributed by atoms with Gasteiger partial charge in [-0.15, -0.1) is 0 Å². The molecule has 0 aliphatic carbocycles. The molecule has 174 valence electrons. The van der Waals surface area contributed by atoms with Crippen LogP contribution in [-0.4, -0.2) is 57.4 Å². The second-order valence-corrected chi connectivity index (χ2v) is 13.5. The Morgan fingerprint density at radius 1 is 1.22 bits per heavy atom. The van der Waals surface area contributed by atoms with E-state index in [1.165, 1.54) is 37.9 Å². The Balaban J connectivity index is 2.11. The molecule has 0 saturated heterocycles. The molecule has 12 heteroatoms. The summed E-state index contributed by atoms with van der Waals surface area (Å²) in [7, 11) is -5.05. The van der Waals surface area contributed by atoms with Crippen LogP contribution in [0.2, 0.25) is 0 Å². The molecule has 0 aromatic carbocycles. The van der Waals surface area contributed by atoms with Gasteiger partial charge in [0.25, 0.3) is 0 Å². The summed E-state index contributed by atoms with van der Waals surface area (Å²) in [6.45, 7) is 4.99. The molecule has 1 unspecified atom stereocenters. The van der Waals surface area contributed by atoms with Crippen molar-refractivity contribution in [1.29, 1.82) is 4.78 Å². The lowest BCUT2D eigenvalue weighted by atomic mass is 10.2. The number of anilines is 1. The van der Waals surface area contributed by atoms with Crippen LogP contribution in [0, 0.1) is 10.7 Å². The van der Waals surface area contributed by atoms with Gasteiger partial charge in [0, 0.05) is 52.2 Å². The predicted octanol–water partition coefficient (Wildman–Crippen LogP) is 3.20. The number of rotatable bonds is 7. The Bertz CT molecular complexity index is 1380. The minimum Gasteiger partial charge on any atom is -0.495 e. The van der Waals surface area contributed by atoms with Crippen molar-refractivity contribution in [3.63, 3.8) is 0 Å². The van der Waals surface area contributed by atoms with E-state index in [0.717, 1.165) is 0 Å². The van der Waals surface area contributed by atoms with E-state index in [1.807, 2.05) is 0 Å². The van der Waals surface area contributed by atoms with Crippen molar-refractivity contribution in [3.05, 3.63) is 36.5 Å². The minimum atomic E-state index is -3.75. The first-order valence-electron chi connectivity index (χ1n) is 9.66. The summed E-state index contributed by atoms with van der Waals surface area (Å²) in [5.41, 5.74) is 1.30. The van der Waals surface area contributed by atoms with Gasteiger partial charge >= 0.3 is 0 Å². The van der Waals surface area contributed by atoms with Gasteiger partial charge in [0.15, 0.2) is 9.84 Å². The quantitative estimate of drug-likeness (QED) is 0.494. The average molecular weight is 484 g/mol. The van der Waals surface area contributed by atoms with E-state index in [0.29, 0.717) is 16.9 Å². The molecule has 9 nitrogen and oxygen atoms in total. The van der Waals surface area contributed by atoms with E-state index in [9.17, 15) is 17.0 Å². The third kappa shape index (κ3) is 4.85. The fourth-order valence-electron chi connectivity index (χ4n) is 3.00. The number of hydrogen-bond donors (Lipinski definition) is 2. The third-order valence-electron chi connectivity index (χ3n) is 4.78. The summed E-state index contributed by atoms with van der Waals surface area (Å²) < 4.78 is 65.3. The molecule has 3 aromatic rings. The first-order chi connectivity index (χ1) is 14.7. The van der Waals surface area contributed by atoms with Crippen LogP contribution in [0.4, 0.5) is 10.2 Å². The number of halogens is 1. The highest BCUT2D eigenvalue weighted by Gasteiger charge is 2.34. The van der Waals surface area contributed by atoms with Gasteiger partial charge in [0.1, 0.15) is 22.1 Å². The highest BCUT2D eigenvalue weighted by Crippen LogP contribution is 2.34. The smallest absolute Gasteiger partial charge is 0.215 e. The summed E-state index contributed by atoms with van der Waals surface area (Å²) in [4.78, 5) is 8.09. The number of imidazole rings is 1. The average Bonchev–Trinajstić information content (AvgIpc) is 3.07. The maximum atomic E-state index is 14.2. The van der Waals surface area contributed by atoms with Crippen molar-refractivity contribution in [1.82, 2.24) is 14.4 Å². The predicted molar refractivity (Wildman–Crippen MR) is 122 cm³/mol. The Morgan fingerprint density at radius 3 is 2.50 bits per heavy atom. The van der Waals surface area contributed by atoms with Crippen LogP contribution in [0.15, 0.2) is 35.5 Å². The molecule has 0 aliphatic rings. The van der Waals surface area contributed by atoms with Crippen LogP contribution < -0.4 is 10.1 Å². The van der Waals surface area contributed by atoms with E-state index >= 15 is 0 Å². The number of nitrogens with zero attached hydrogens (tertiary/aromatic N) is 3. The highest BCUT2D eigenvalue weighted by atomic mass is 32.2. The monoisotopic (exact) mass is 483 g/mol. The lowest BCUT2D eigenvalue weighted by molar-refractivity contribution is 0.401. The van der Waals surface area contributed by atoms with Gasteiger partial charge in [-0.2, -0.15) is 4.39 Å². The maximum absolute atomic E-state index is 14.2. The molecule has 0 aliphatic heterocycles. The first kappa shape index (κ1) is 23.9. The van der Waals surface area contributed by atoms with E-state index in [-0.39, 0.29) is 28.8 Å². The highest BCUT2D eigenvalue weighted by molar-refractivity contribution is 7.93. The summed E-state index contributed by atoms with van der Waals surface area (Å²) in [6, 6.07) is 4.31. The molecule has 1 atom stereocenters. The van der Waals surface area contributed by atoms with Crippen molar-refractivity contribution in [2.45, 2.75) is 30.4 Å². The number of ether oxygens (including phenoxy) is 1. The molecule has 3 rings (SSSR count). The van der Waals surface area contributed by atoms with Crippen LogP contribution in [-0.2, 0) is 19.6 Å². The molecule has 2 N–H and O–H groups in total. The molecule has 0 saturated carbocycles. The van der Waals surface area contributed by atoms with Crippen molar-refractivity contribution in [2.24, 2.45) is 0 Å². The number of methoxy groups -OCH3 is 1. The Hall–Kier alpha value is -2.73. The van der Waals surface area contributed by atoms with Crippen LogP contribution in [0.3, 0.4) is 0 Å². The Labute approximate surface area is 186 Å². The van der Waals surface area contributed by atoms with E-state index in [4.69, 9.17) is 9.52 Å². The number of hydrogen-bond acceptors (Lipinski definition) is 8. The van der Waals surface area contributed by atoms with Gasteiger partial charge in [0.2, 0.25) is 5.95 Å².